The number of sulfonamides is 1. The Balaban J connectivity index is 2.05. The number of benzene rings is 1. The first-order valence-corrected chi connectivity index (χ1v) is 8.20. The maximum Gasteiger partial charge on any atom is 0.327 e. The van der Waals surface area contributed by atoms with Crippen LogP contribution < -0.4 is 15.7 Å². The molecule has 0 aliphatic rings. The quantitative estimate of drug-likeness (QED) is 0.666. The van der Waals surface area contributed by atoms with E-state index in [1.807, 2.05) is 4.98 Å². The van der Waals surface area contributed by atoms with Gasteiger partial charge in [0, 0.05) is 7.05 Å². The van der Waals surface area contributed by atoms with Crippen molar-refractivity contribution in [2.45, 2.75) is 5.75 Å². The van der Waals surface area contributed by atoms with Gasteiger partial charge in [-0.25, -0.2) is 27.3 Å². The third-order valence-electron chi connectivity index (χ3n) is 3.32. The normalized spacial score (nSPS) is 11.7. The molecule has 23 heavy (non-hydrogen) atoms. The molecule has 0 spiro atoms. The van der Waals surface area contributed by atoms with E-state index in [1.54, 1.807) is 30.3 Å². The summed E-state index contributed by atoms with van der Waals surface area (Å²) < 4.78 is 27.1. The molecule has 2 heterocycles. The monoisotopic (exact) mass is 335 g/mol. The average Bonchev–Trinajstić information content (AvgIpc) is 2.90. The molecule has 0 aliphatic carbocycles. The molecule has 3 aromatic rings. The molecular weight excluding hydrogens is 322 g/mol. The van der Waals surface area contributed by atoms with Gasteiger partial charge in [-0.2, -0.15) is 0 Å². The fourth-order valence-electron chi connectivity index (χ4n) is 2.15. The highest BCUT2D eigenvalue weighted by molar-refractivity contribution is 7.91. The van der Waals surface area contributed by atoms with Gasteiger partial charge in [-0.05, 0) is 5.56 Å². The maximum atomic E-state index is 12.5. The molecule has 3 rings (SSSR count). The maximum absolute atomic E-state index is 12.5. The molecule has 0 atom stereocenters. The Bertz CT molecular complexity index is 1060. The molecule has 0 fully saturated rings. The topological polar surface area (TPSA) is 121 Å². The van der Waals surface area contributed by atoms with E-state index in [-0.39, 0.29) is 16.9 Å². The van der Waals surface area contributed by atoms with E-state index >= 15 is 0 Å². The molecule has 0 saturated carbocycles. The van der Waals surface area contributed by atoms with Gasteiger partial charge in [0.15, 0.2) is 11.2 Å². The van der Waals surface area contributed by atoms with E-state index < -0.39 is 21.3 Å². The largest absolute Gasteiger partial charge is 0.327 e. The van der Waals surface area contributed by atoms with Gasteiger partial charge in [0.2, 0.25) is 0 Å². The SMILES string of the molecule is CN(n1cnc2c(=O)[nH]c(=O)[nH]c21)S(=O)(=O)Cc1ccccc1. The Morgan fingerprint density at radius 1 is 1.17 bits per heavy atom. The van der Waals surface area contributed by atoms with Crippen LogP contribution in [0.4, 0.5) is 0 Å². The van der Waals surface area contributed by atoms with Gasteiger partial charge in [-0.3, -0.25) is 14.8 Å². The number of hydrogen-bond donors (Lipinski definition) is 2. The van der Waals surface area contributed by atoms with Crippen molar-refractivity contribution >= 4 is 21.2 Å². The fraction of sp³-hybridized carbons (Fsp3) is 0.154. The highest BCUT2D eigenvalue weighted by Crippen LogP contribution is 2.11. The Kier molecular flexibility index (Phi) is 3.52. The second kappa shape index (κ2) is 5.39. The lowest BCUT2D eigenvalue weighted by Crippen LogP contribution is -2.37. The van der Waals surface area contributed by atoms with Crippen molar-refractivity contribution in [3.05, 3.63) is 63.1 Å². The number of hydrogen-bond acceptors (Lipinski definition) is 5. The zero-order chi connectivity index (χ0) is 16.6. The molecular formula is C13H13N5O4S. The Morgan fingerprint density at radius 2 is 1.87 bits per heavy atom. The molecule has 0 unspecified atom stereocenters. The molecule has 0 aliphatic heterocycles. The minimum Gasteiger partial charge on any atom is -0.290 e. The molecule has 2 N–H and O–H groups in total. The molecule has 0 radical (unpaired) electrons. The summed E-state index contributed by atoms with van der Waals surface area (Å²) in [5.41, 5.74) is -0.839. The van der Waals surface area contributed by atoms with Crippen molar-refractivity contribution in [1.29, 1.82) is 0 Å². The number of aromatic amines is 2. The van der Waals surface area contributed by atoms with Crippen LogP contribution in [0.25, 0.3) is 11.2 Å². The Labute approximate surface area is 130 Å². The van der Waals surface area contributed by atoms with E-state index in [4.69, 9.17) is 0 Å². The van der Waals surface area contributed by atoms with Crippen LogP contribution in [0, 0.1) is 0 Å². The van der Waals surface area contributed by atoms with Crippen LogP contribution in [-0.4, -0.2) is 35.1 Å². The summed E-state index contributed by atoms with van der Waals surface area (Å²) in [7, 11) is -2.41. The summed E-state index contributed by atoms with van der Waals surface area (Å²) in [5, 5.41) is 0. The van der Waals surface area contributed by atoms with Gasteiger partial charge in [-0.1, -0.05) is 30.3 Å². The van der Waals surface area contributed by atoms with Crippen molar-refractivity contribution in [3.63, 3.8) is 0 Å². The lowest BCUT2D eigenvalue weighted by molar-refractivity contribution is 0.579. The summed E-state index contributed by atoms with van der Waals surface area (Å²) in [5.74, 6) is -0.225. The van der Waals surface area contributed by atoms with Crippen molar-refractivity contribution in [2.75, 3.05) is 11.5 Å². The Hall–Kier alpha value is -2.88. The number of rotatable bonds is 4. The number of nitrogens with one attached hydrogen (secondary N) is 2. The predicted molar refractivity (Wildman–Crippen MR) is 84.2 cm³/mol. The summed E-state index contributed by atoms with van der Waals surface area (Å²) >= 11 is 0. The summed E-state index contributed by atoms with van der Waals surface area (Å²) in [6, 6.07) is 8.68. The van der Waals surface area contributed by atoms with Gasteiger partial charge in [-0.15, -0.1) is 0 Å². The van der Waals surface area contributed by atoms with Crippen LogP contribution in [0.5, 0.6) is 0 Å². The molecule has 0 saturated heterocycles. The standard InChI is InChI=1S/C13H13N5O4S/c1-17(23(21,22)7-9-5-3-2-4-6-9)18-8-14-10-11(18)15-13(20)16-12(10)19/h2-6,8H,7H2,1H3,(H2,15,16,19,20). The number of H-pyrrole nitrogens is 2. The van der Waals surface area contributed by atoms with Gasteiger partial charge in [0.05, 0.1) is 5.75 Å². The molecule has 120 valence electrons. The second-order valence-corrected chi connectivity index (χ2v) is 6.85. The van der Waals surface area contributed by atoms with Crippen LogP contribution in [0.15, 0.2) is 46.2 Å². The van der Waals surface area contributed by atoms with Crippen LogP contribution in [-0.2, 0) is 15.8 Å². The minimum absolute atomic E-state index is 0.0119. The van der Waals surface area contributed by atoms with E-state index in [1.165, 1.54) is 13.4 Å². The summed E-state index contributed by atoms with van der Waals surface area (Å²) in [6.07, 6.45) is 1.17. The first-order chi connectivity index (χ1) is 10.9. The van der Waals surface area contributed by atoms with Crippen molar-refractivity contribution < 1.29 is 8.42 Å². The first kappa shape index (κ1) is 15.0. The summed E-state index contributed by atoms with van der Waals surface area (Å²) in [4.78, 5) is 31.3. The van der Waals surface area contributed by atoms with E-state index in [2.05, 4.69) is 9.97 Å². The minimum atomic E-state index is -3.73. The molecule has 9 nitrogen and oxygen atoms in total. The van der Waals surface area contributed by atoms with Gasteiger partial charge in [0.1, 0.15) is 6.33 Å². The van der Waals surface area contributed by atoms with Crippen LogP contribution in [0.3, 0.4) is 0 Å². The van der Waals surface area contributed by atoms with Crippen LogP contribution >= 0.6 is 0 Å². The van der Waals surface area contributed by atoms with E-state index in [9.17, 15) is 18.0 Å². The van der Waals surface area contributed by atoms with Gasteiger partial charge < -0.3 is 0 Å². The number of fused-ring (bicyclic) bond motifs is 1. The third-order valence-corrected chi connectivity index (χ3v) is 5.00. The van der Waals surface area contributed by atoms with Crippen LogP contribution in [0.1, 0.15) is 5.56 Å². The Morgan fingerprint density at radius 3 is 2.57 bits per heavy atom. The predicted octanol–water partition coefficient (Wildman–Crippen LogP) is -0.489. The number of nitrogens with zero attached hydrogens (tertiary/aromatic N) is 3. The van der Waals surface area contributed by atoms with E-state index in [0.29, 0.717) is 5.56 Å². The van der Waals surface area contributed by atoms with Gasteiger partial charge in [0.25, 0.3) is 15.6 Å². The number of imidazole rings is 1. The van der Waals surface area contributed by atoms with Crippen molar-refractivity contribution in [2.24, 2.45) is 0 Å². The molecule has 10 heteroatoms. The zero-order valence-corrected chi connectivity index (χ0v) is 12.9. The fourth-order valence-corrected chi connectivity index (χ4v) is 3.34. The highest BCUT2D eigenvalue weighted by Gasteiger charge is 2.22. The molecule has 0 bridgehead atoms. The summed E-state index contributed by atoms with van der Waals surface area (Å²) in [6.45, 7) is 0. The number of aromatic nitrogens is 4. The molecule has 1 aromatic carbocycles. The third kappa shape index (κ3) is 2.75. The first-order valence-electron chi connectivity index (χ1n) is 6.59. The lowest BCUT2D eigenvalue weighted by Gasteiger charge is -2.20. The zero-order valence-electron chi connectivity index (χ0n) is 12.1. The molecule has 0 amide bonds. The van der Waals surface area contributed by atoms with E-state index in [0.717, 1.165) is 9.09 Å². The van der Waals surface area contributed by atoms with Crippen molar-refractivity contribution in [3.8, 4) is 0 Å². The van der Waals surface area contributed by atoms with Crippen LogP contribution in [0.2, 0.25) is 0 Å². The van der Waals surface area contributed by atoms with Gasteiger partial charge >= 0.3 is 5.69 Å². The van der Waals surface area contributed by atoms with Crippen molar-refractivity contribution in [1.82, 2.24) is 19.6 Å². The second-order valence-electron chi connectivity index (χ2n) is 4.87. The highest BCUT2D eigenvalue weighted by atomic mass is 32.2. The smallest absolute Gasteiger partial charge is 0.290 e. The average molecular weight is 335 g/mol. The lowest BCUT2D eigenvalue weighted by atomic mass is 10.2. The molecule has 2 aromatic heterocycles.